The number of hydrogen-bond donors (Lipinski definition) is 1. The Bertz CT molecular complexity index is 1030. The zero-order valence-corrected chi connectivity index (χ0v) is 19.3. The van der Waals surface area contributed by atoms with Crippen LogP contribution in [-0.4, -0.2) is 22.1 Å². The largest absolute Gasteiger partial charge is 0.344 e. The van der Waals surface area contributed by atoms with Gasteiger partial charge in [-0.1, -0.05) is 43.9 Å². The van der Waals surface area contributed by atoms with Crippen molar-refractivity contribution >= 4 is 10.9 Å². The molecule has 3 nitrogen and oxygen atoms in total. The van der Waals surface area contributed by atoms with Crippen molar-refractivity contribution in [1.29, 1.82) is 0 Å². The maximum absolute atomic E-state index is 4.31. The van der Waals surface area contributed by atoms with Crippen molar-refractivity contribution in [1.82, 2.24) is 14.9 Å². The summed E-state index contributed by atoms with van der Waals surface area (Å²) in [6.07, 6.45) is 20.2. The first-order chi connectivity index (χ1) is 15.9. The molecule has 1 aromatic carbocycles. The van der Waals surface area contributed by atoms with Crippen molar-refractivity contribution in [3.05, 3.63) is 66.1 Å². The molecular formula is C29H37N3. The van der Waals surface area contributed by atoms with Gasteiger partial charge < -0.3 is 9.88 Å². The summed E-state index contributed by atoms with van der Waals surface area (Å²) in [5.74, 6) is 2.26. The van der Waals surface area contributed by atoms with Gasteiger partial charge in [0, 0.05) is 47.5 Å². The van der Waals surface area contributed by atoms with Gasteiger partial charge in [0.2, 0.25) is 0 Å². The SMILES string of the molecule is c1ccc2c(c1)c(C(CCNC1CCCCC1)c1ccncc1)cn2C1CC2CCC1C2. The molecule has 4 atom stereocenters. The normalized spacial score (nSPS) is 26.7. The molecule has 2 aromatic heterocycles. The Morgan fingerprint density at radius 2 is 1.78 bits per heavy atom. The Labute approximate surface area is 192 Å². The van der Waals surface area contributed by atoms with E-state index in [1.165, 1.54) is 79.8 Å². The van der Waals surface area contributed by atoms with E-state index in [1.807, 2.05) is 12.4 Å². The fourth-order valence-corrected chi connectivity index (χ4v) is 7.17. The molecule has 2 bridgehead atoms. The van der Waals surface area contributed by atoms with Gasteiger partial charge in [-0.3, -0.25) is 4.98 Å². The maximum Gasteiger partial charge on any atom is 0.0486 e. The first-order valence-corrected chi connectivity index (χ1v) is 13.1. The molecule has 32 heavy (non-hydrogen) atoms. The number of nitrogens with one attached hydrogen (secondary N) is 1. The van der Waals surface area contributed by atoms with Crippen LogP contribution in [0.1, 0.15) is 87.3 Å². The van der Waals surface area contributed by atoms with Gasteiger partial charge in [-0.05, 0) is 86.2 Å². The third-order valence-electron chi connectivity index (χ3n) is 8.78. The smallest absolute Gasteiger partial charge is 0.0486 e. The van der Waals surface area contributed by atoms with Gasteiger partial charge in [-0.25, -0.2) is 0 Å². The first kappa shape index (κ1) is 20.5. The number of hydrogen-bond acceptors (Lipinski definition) is 2. The lowest BCUT2D eigenvalue weighted by atomic mass is 9.88. The summed E-state index contributed by atoms with van der Waals surface area (Å²) in [5, 5.41) is 5.35. The lowest BCUT2D eigenvalue weighted by molar-refractivity contribution is 0.336. The number of pyridine rings is 1. The van der Waals surface area contributed by atoms with Crippen molar-refractivity contribution in [2.45, 2.75) is 82.2 Å². The summed E-state index contributed by atoms with van der Waals surface area (Å²) < 4.78 is 2.68. The molecule has 3 aliphatic carbocycles. The van der Waals surface area contributed by atoms with Crippen LogP contribution < -0.4 is 5.32 Å². The van der Waals surface area contributed by atoms with Crippen molar-refractivity contribution in [3.8, 4) is 0 Å². The Morgan fingerprint density at radius 3 is 2.56 bits per heavy atom. The summed E-state index contributed by atoms with van der Waals surface area (Å²) in [6, 6.07) is 15.0. The Kier molecular flexibility index (Phi) is 5.77. The van der Waals surface area contributed by atoms with E-state index in [0.29, 0.717) is 12.0 Å². The van der Waals surface area contributed by atoms with Gasteiger partial charge in [0.25, 0.3) is 0 Å². The monoisotopic (exact) mass is 427 g/mol. The minimum Gasteiger partial charge on any atom is -0.344 e. The van der Waals surface area contributed by atoms with Crippen LogP contribution in [0.25, 0.3) is 10.9 Å². The minimum absolute atomic E-state index is 0.416. The number of rotatable bonds is 7. The molecule has 0 aliphatic heterocycles. The molecule has 3 aromatic rings. The third-order valence-corrected chi connectivity index (χ3v) is 8.78. The second kappa shape index (κ2) is 9.02. The fourth-order valence-electron chi connectivity index (χ4n) is 7.17. The van der Waals surface area contributed by atoms with Gasteiger partial charge in [-0.15, -0.1) is 0 Å². The molecule has 2 heterocycles. The molecule has 3 saturated carbocycles. The van der Waals surface area contributed by atoms with E-state index in [9.17, 15) is 0 Å². The number of aromatic nitrogens is 2. The van der Waals surface area contributed by atoms with Crippen LogP contribution in [0.4, 0.5) is 0 Å². The maximum atomic E-state index is 4.31. The van der Waals surface area contributed by atoms with Gasteiger partial charge in [0.05, 0.1) is 0 Å². The van der Waals surface area contributed by atoms with Crippen molar-refractivity contribution < 1.29 is 0 Å². The first-order valence-electron chi connectivity index (χ1n) is 13.1. The van der Waals surface area contributed by atoms with Crippen LogP contribution in [-0.2, 0) is 0 Å². The van der Waals surface area contributed by atoms with E-state index >= 15 is 0 Å². The molecule has 6 rings (SSSR count). The fraction of sp³-hybridized carbons (Fsp3) is 0.552. The van der Waals surface area contributed by atoms with E-state index in [-0.39, 0.29) is 0 Å². The van der Waals surface area contributed by atoms with E-state index in [1.54, 1.807) is 0 Å². The molecule has 0 amide bonds. The van der Waals surface area contributed by atoms with Crippen LogP contribution in [0, 0.1) is 11.8 Å². The molecule has 3 fully saturated rings. The molecule has 0 radical (unpaired) electrons. The highest BCUT2D eigenvalue weighted by atomic mass is 15.0. The zero-order valence-electron chi connectivity index (χ0n) is 19.3. The molecule has 1 N–H and O–H groups in total. The molecule has 4 unspecified atom stereocenters. The summed E-state index contributed by atoms with van der Waals surface area (Å²) in [7, 11) is 0. The van der Waals surface area contributed by atoms with Gasteiger partial charge in [0.15, 0.2) is 0 Å². The van der Waals surface area contributed by atoms with Crippen LogP contribution in [0.2, 0.25) is 0 Å². The molecule has 0 saturated heterocycles. The summed E-state index contributed by atoms with van der Waals surface area (Å²) in [6.45, 7) is 1.09. The number of benzene rings is 1. The Balaban J connectivity index is 1.32. The molecule has 168 valence electrons. The van der Waals surface area contributed by atoms with E-state index in [2.05, 4.69) is 57.5 Å². The predicted molar refractivity (Wildman–Crippen MR) is 132 cm³/mol. The summed E-state index contributed by atoms with van der Waals surface area (Å²) in [5.41, 5.74) is 4.36. The second-order valence-corrected chi connectivity index (χ2v) is 10.7. The van der Waals surface area contributed by atoms with Crippen LogP contribution in [0.5, 0.6) is 0 Å². The van der Waals surface area contributed by atoms with E-state index < -0.39 is 0 Å². The zero-order chi connectivity index (χ0) is 21.3. The highest BCUT2D eigenvalue weighted by Crippen LogP contribution is 2.52. The molecule has 3 heteroatoms. The lowest BCUT2D eigenvalue weighted by Gasteiger charge is -2.25. The van der Waals surface area contributed by atoms with Crippen molar-refractivity contribution in [3.63, 3.8) is 0 Å². The second-order valence-electron chi connectivity index (χ2n) is 10.7. The molecular weight excluding hydrogens is 390 g/mol. The van der Waals surface area contributed by atoms with Crippen LogP contribution in [0.15, 0.2) is 55.0 Å². The quantitative estimate of drug-likeness (QED) is 0.447. The average molecular weight is 428 g/mol. The standard InChI is InChI=1S/C29H37N3/c1-2-6-24(7-3-1)31-17-14-25(22-12-15-30-16-13-22)27-20-32(28-9-5-4-8-26(27)28)29-19-21-10-11-23(29)18-21/h4-5,8-9,12-13,15-16,20-21,23-25,29,31H,1-3,6-7,10-11,14,17-19H2. The highest BCUT2D eigenvalue weighted by Gasteiger charge is 2.41. The van der Waals surface area contributed by atoms with Crippen LogP contribution >= 0.6 is 0 Å². The molecule has 3 aliphatic rings. The predicted octanol–water partition coefficient (Wildman–Crippen LogP) is 6.84. The lowest BCUT2D eigenvalue weighted by Crippen LogP contribution is -2.32. The summed E-state index contributed by atoms with van der Waals surface area (Å²) >= 11 is 0. The van der Waals surface area contributed by atoms with Crippen molar-refractivity contribution in [2.24, 2.45) is 11.8 Å². The van der Waals surface area contributed by atoms with Gasteiger partial charge in [-0.2, -0.15) is 0 Å². The Hall–Kier alpha value is -2.13. The number of fused-ring (bicyclic) bond motifs is 3. The van der Waals surface area contributed by atoms with E-state index in [4.69, 9.17) is 0 Å². The van der Waals surface area contributed by atoms with Crippen molar-refractivity contribution in [2.75, 3.05) is 6.54 Å². The van der Waals surface area contributed by atoms with E-state index in [0.717, 1.165) is 30.8 Å². The number of para-hydroxylation sites is 1. The van der Waals surface area contributed by atoms with Gasteiger partial charge in [0.1, 0.15) is 0 Å². The Morgan fingerprint density at radius 1 is 0.938 bits per heavy atom. The third kappa shape index (κ3) is 3.90. The minimum atomic E-state index is 0.416. The number of nitrogens with zero attached hydrogens (tertiary/aromatic N) is 2. The average Bonchev–Trinajstić information content (AvgIpc) is 3.58. The topological polar surface area (TPSA) is 29.9 Å². The molecule has 0 spiro atoms. The summed E-state index contributed by atoms with van der Waals surface area (Å²) in [4.78, 5) is 4.31. The highest BCUT2D eigenvalue weighted by molar-refractivity contribution is 5.85. The van der Waals surface area contributed by atoms with Gasteiger partial charge >= 0.3 is 0 Å². The van der Waals surface area contributed by atoms with Crippen LogP contribution in [0.3, 0.4) is 0 Å².